The van der Waals surface area contributed by atoms with E-state index >= 15 is 0 Å². The van der Waals surface area contributed by atoms with Crippen LogP contribution in [-0.4, -0.2) is 4.21 Å². The third-order valence-corrected chi connectivity index (χ3v) is 4.30. The third kappa shape index (κ3) is 2.45. The molecular weight excluding hydrogens is 268 g/mol. The minimum absolute atomic E-state index is 0.662. The summed E-state index contributed by atoms with van der Waals surface area (Å²) >= 11 is 0. The van der Waals surface area contributed by atoms with Gasteiger partial charge in [-0.3, -0.25) is 0 Å². The van der Waals surface area contributed by atoms with Gasteiger partial charge in [-0.25, -0.2) is 4.21 Å². The summed E-state index contributed by atoms with van der Waals surface area (Å²) in [6, 6.07) is 17.7. The van der Waals surface area contributed by atoms with Crippen molar-refractivity contribution in [3.63, 3.8) is 0 Å². The smallest absolute Gasteiger partial charge is 0.150 e. The van der Waals surface area contributed by atoms with Gasteiger partial charge in [-0.05, 0) is 12.5 Å². The maximum absolute atomic E-state index is 12.3. The normalized spacial score (nSPS) is 17.9. The summed E-state index contributed by atoms with van der Waals surface area (Å²) in [4.78, 5) is 0.721. The van der Waals surface area contributed by atoms with Gasteiger partial charge in [-0.15, -0.1) is 0 Å². The minimum Gasteiger partial charge on any atom is -0.462 e. The lowest BCUT2D eigenvalue weighted by atomic mass is 10.1. The van der Waals surface area contributed by atoms with Crippen molar-refractivity contribution in [2.75, 3.05) is 0 Å². The highest BCUT2D eigenvalue weighted by atomic mass is 32.2. The van der Waals surface area contributed by atoms with E-state index in [4.69, 9.17) is 4.74 Å². The first-order chi connectivity index (χ1) is 9.75. The molecule has 1 atom stereocenters. The summed E-state index contributed by atoms with van der Waals surface area (Å²) < 4.78 is 18.0. The summed E-state index contributed by atoms with van der Waals surface area (Å²) in [5.41, 5.74) is 3.03. The molecule has 0 aromatic heterocycles. The standard InChI is InChI=1S/C17H14O2S/c1-13-7-9-15(10-8-13)17-16(19-11-12-20(17)18)14-5-3-2-4-6-14/h2-12H,1H3. The lowest BCUT2D eigenvalue weighted by Gasteiger charge is -2.17. The van der Waals surface area contributed by atoms with Crippen LogP contribution in [0.1, 0.15) is 16.7 Å². The third-order valence-electron chi connectivity index (χ3n) is 3.12. The minimum atomic E-state index is -1.19. The fourth-order valence-corrected chi connectivity index (χ4v) is 3.11. The lowest BCUT2D eigenvalue weighted by Crippen LogP contribution is -2.03. The van der Waals surface area contributed by atoms with E-state index in [1.54, 1.807) is 5.41 Å². The number of rotatable bonds is 2. The van der Waals surface area contributed by atoms with E-state index in [9.17, 15) is 4.21 Å². The quantitative estimate of drug-likeness (QED) is 0.830. The first kappa shape index (κ1) is 12.9. The van der Waals surface area contributed by atoms with Crippen molar-refractivity contribution in [2.24, 2.45) is 0 Å². The zero-order chi connectivity index (χ0) is 13.9. The molecule has 0 fully saturated rings. The molecule has 0 saturated carbocycles. The molecule has 0 N–H and O–H groups in total. The van der Waals surface area contributed by atoms with Gasteiger partial charge in [0.25, 0.3) is 0 Å². The summed E-state index contributed by atoms with van der Waals surface area (Å²) in [6.45, 7) is 2.03. The molecule has 0 radical (unpaired) electrons. The molecule has 1 aliphatic rings. The Morgan fingerprint density at radius 1 is 0.900 bits per heavy atom. The molecule has 1 heterocycles. The number of benzene rings is 2. The SMILES string of the molecule is Cc1ccc(C2=C(c3ccccc3)OC=CS2=O)cc1. The largest absolute Gasteiger partial charge is 0.462 e. The highest BCUT2D eigenvalue weighted by Gasteiger charge is 2.20. The number of ether oxygens (including phenoxy) is 1. The molecule has 1 unspecified atom stereocenters. The maximum Gasteiger partial charge on any atom is 0.150 e. The zero-order valence-corrected chi connectivity index (χ0v) is 11.9. The van der Waals surface area contributed by atoms with Gasteiger partial charge in [0.2, 0.25) is 0 Å². The van der Waals surface area contributed by atoms with Crippen molar-refractivity contribution in [1.29, 1.82) is 0 Å². The molecule has 2 nitrogen and oxygen atoms in total. The zero-order valence-electron chi connectivity index (χ0n) is 11.1. The van der Waals surface area contributed by atoms with E-state index in [-0.39, 0.29) is 0 Å². The fourth-order valence-electron chi connectivity index (χ4n) is 2.10. The monoisotopic (exact) mass is 282 g/mol. The number of hydrogen-bond acceptors (Lipinski definition) is 2. The molecule has 0 bridgehead atoms. The van der Waals surface area contributed by atoms with Crippen LogP contribution in [0.25, 0.3) is 10.7 Å². The van der Waals surface area contributed by atoms with Gasteiger partial charge in [0, 0.05) is 11.0 Å². The van der Waals surface area contributed by atoms with E-state index in [0.29, 0.717) is 5.76 Å². The average Bonchev–Trinajstić information content (AvgIpc) is 2.49. The molecule has 3 rings (SSSR count). The van der Waals surface area contributed by atoms with Crippen LogP contribution in [0.3, 0.4) is 0 Å². The molecule has 3 heteroatoms. The van der Waals surface area contributed by atoms with E-state index < -0.39 is 10.8 Å². The van der Waals surface area contributed by atoms with Crippen molar-refractivity contribution in [1.82, 2.24) is 0 Å². The van der Waals surface area contributed by atoms with Gasteiger partial charge < -0.3 is 4.74 Å². The summed E-state index contributed by atoms with van der Waals surface area (Å²) in [6.07, 6.45) is 1.50. The number of hydrogen-bond donors (Lipinski definition) is 0. The Hall–Kier alpha value is -2.13. The number of aryl methyl sites for hydroxylation is 1. The summed E-state index contributed by atoms with van der Waals surface area (Å²) in [5, 5.41) is 1.57. The van der Waals surface area contributed by atoms with E-state index in [2.05, 4.69) is 0 Å². The van der Waals surface area contributed by atoms with Gasteiger partial charge in [-0.1, -0.05) is 60.2 Å². The molecule has 0 spiro atoms. The molecule has 100 valence electrons. The van der Waals surface area contributed by atoms with Crippen LogP contribution >= 0.6 is 0 Å². The molecule has 0 saturated heterocycles. The topological polar surface area (TPSA) is 26.3 Å². The molecule has 0 aliphatic carbocycles. The Labute approximate surface area is 120 Å². The Bertz CT molecular complexity index is 698. The second-order valence-electron chi connectivity index (χ2n) is 4.58. The van der Waals surface area contributed by atoms with Crippen LogP contribution in [0.15, 0.2) is 66.3 Å². The van der Waals surface area contributed by atoms with Gasteiger partial charge >= 0.3 is 0 Å². The highest BCUT2D eigenvalue weighted by Crippen LogP contribution is 2.33. The Morgan fingerprint density at radius 3 is 2.30 bits per heavy atom. The van der Waals surface area contributed by atoms with E-state index in [1.165, 1.54) is 11.8 Å². The van der Waals surface area contributed by atoms with Crippen molar-refractivity contribution >= 4 is 21.5 Å². The summed E-state index contributed by atoms with van der Waals surface area (Å²) in [5.74, 6) is 0.662. The predicted molar refractivity (Wildman–Crippen MR) is 82.8 cm³/mol. The van der Waals surface area contributed by atoms with Gasteiger partial charge in [-0.2, -0.15) is 0 Å². The fraction of sp³-hybridized carbons (Fsp3) is 0.0588. The van der Waals surface area contributed by atoms with Crippen LogP contribution in [0.5, 0.6) is 0 Å². The highest BCUT2D eigenvalue weighted by molar-refractivity contribution is 7.97. The van der Waals surface area contributed by atoms with Crippen LogP contribution < -0.4 is 0 Å². The summed E-state index contributed by atoms with van der Waals surface area (Å²) in [7, 11) is -1.19. The van der Waals surface area contributed by atoms with E-state index in [1.807, 2.05) is 61.5 Å². The van der Waals surface area contributed by atoms with Crippen molar-refractivity contribution in [3.8, 4) is 0 Å². The molecule has 2 aromatic carbocycles. The Kier molecular flexibility index (Phi) is 3.52. The lowest BCUT2D eigenvalue weighted by molar-refractivity contribution is 0.438. The second-order valence-corrected chi connectivity index (χ2v) is 5.85. The van der Waals surface area contributed by atoms with Crippen molar-refractivity contribution < 1.29 is 8.95 Å². The molecule has 20 heavy (non-hydrogen) atoms. The molecule has 2 aromatic rings. The maximum atomic E-state index is 12.3. The Balaban J connectivity index is 2.17. The average molecular weight is 282 g/mol. The van der Waals surface area contributed by atoms with Crippen molar-refractivity contribution in [2.45, 2.75) is 6.92 Å². The Morgan fingerprint density at radius 2 is 1.60 bits per heavy atom. The van der Waals surface area contributed by atoms with E-state index in [0.717, 1.165) is 16.0 Å². The first-order valence-corrected chi connectivity index (χ1v) is 7.57. The second kappa shape index (κ2) is 5.47. The molecule has 0 amide bonds. The van der Waals surface area contributed by atoms with Crippen LogP contribution in [0.4, 0.5) is 0 Å². The molecular formula is C17H14O2S. The first-order valence-electron chi connectivity index (χ1n) is 6.36. The van der Waals surface area contributed by atoms with Gasteiger partial charge in [0.05, 0.1) is 15.7 Å². The van der Waals surface area contributed by atoms with Gasteiger partial charge in [0.15, 0.2) is 5.76 Å². The predicted octanol–water partition coefficient (Wildman–Crippen LogP) is 4.07. The molecule has 1 aliphatic heterocycles. The van der Waals surface area contributed by atoms with Crippen LogP contribution in [0, 0.1) is 6.92 Å². The van der Waals surface area contributed by atoms with Crippen LogP contribution in [-0.2, 0) is 15.5 Å². The van der Waals surface area contributed by atoms with Crippen LogP contribution in [0.2, 0.25) is 0 Å². The van der Waals surface area contributed by atoms with Crippen molar-refractivity contribution in [3.05, 3.63) is 83.0 Å². The van der Waals surface area contributed by atoms with Gasteiger partial charge in [0.1, 0.15) is 6.26 Å².